The van der Waals surface area contributed by atoms with Gasteiger partial charge in [-0.1, -0.05) is 11.6 Å². The van der Waals surface area contributed by atoms with Gasteiger partial charge in [-0.3, -0.25) is 4.79 Å². The molecule has 1 rings (SSSR count). The van der Waals surface area contributed by atoms with Crippen LogP contribution < -0.4 is 5.32 Å². The third-order valence-corrected chi connectivity index (χ3v) is 3.60. The molecular formula is C13H16BrClFNO. The summed E-state index contributed by atoms with van der Waals surface area (Å²) in [5.74, 6) is -0.912. The molecule has 0 atom stereocenters. The monoisotopic (exact) mass is 335 g/mol. The molecule has 1 aromatic carbocycles. The zero-order valence-electron chi connectivity index (χ0n) is 10.6. The molecule has 18 heavy (non-hydrogen) atoms. The largest absolute Gasteiger partial charge is 0.312 e. The number of Topliss-reactive ketones (excluding diaryl/α,β-unsaturated/α-hetero) is 1. The topological polar surface area (TPSA) is 29.1 Å². The molecular weight excluding hydrogens is 321 g/mol. The Balaban J connectivity index is 2.71. The van der Waals surface area contributed by atoms with E-state index in [9.17, 15) is 9.18 Å². The summed E-state index contributed by atoms with van der Waals surface area (Å²) in [4.78, 5) is 11.9. The molecule has 0 fully saturated rings. The van der Waals surface area contributed by atoms with Crippen molar-refractivity contribution in [3.63, 3.8) is 0 Å². The van der Waals surface area contributed by atoms with Crippen molar-refractivity contribution in [3.8, 4) is 0 Å². The average molecular weight is 337 g/mol. The number of carbonyl (C=O) groups excluding carboxylic acids is 1. The normalized spacial score (nSPS) is 11.7. The number of carbonyl (C=O) groups is 1. The first kappa shape index (κ1) is 15.6. The maximum absolute atomic E-state index is 13.8. The Morgan fingerprint density at radius 3 is 2.61 bits per heavy atom. The van der Waals surface area contributed by atoms with Crippen LogP contribution in [-0.2, 0) is 0 Å². The molecule has 1 N–H and O–H groups in total. The Labute approximate surface area is 120 Å². The zero-order valence-corrected chi connectivity index (χ0v) is 13.0. The smallest absolute Gasteiger partial charge is 0.167 e. The van der Waals surface area contributed by atoms with Gasteiger partial charge in [-0.05, 0) is 48.8 Å². The maximum atomic E-state index is 13.8. The summed E-state index contributed by atoms with van der Waals surface area (Å²) in [5, 5.41) is 3.13. The van der Waals surface area contributed by atoms with Gasteiger partial charge in [0.2, 0.25) is 0 Å². The molecule has 0 saturated heterocycles. The first-order valence-electron chi connectivity index (χ1n) is 5.64. The lowest BCUT2D eigenvalue weighted by Gasteiger charge is -2.20. The van der Waals surface area contributed by atoms with Crippen molar-refractivity contribution in [2.75, 3.05) is 6.54 Å². The molecule has 5 heteroatoms. The molecule has 0 aliphatic carbocycles. The summed E-state index contributed by atoms with van der Waals surface area (Å²) in [6.07, 6.45) is 0.242. The van der Waals surface area contributed by atoms with Crippen LogP contribution in [0.5, 0.6) is 0 Å². The quantitative estimate of drug-likeness (QED) is 0.659. The molecule has 0 spiro atoms. The molecule has 0 aromatic heterocycles. The van der Waals surface area contributed by atoms with Crippen molar-refractivity contribution in [3.05, 3.63) is 33.0 Å². The third kappa shape index (κ3) is 4.34. The molecule has 0 saturated carbocycles. The lowest BCUT2D eigenvalue weighted by atomic mass is 10.1. The second-order valence-electron chi connectivity index (χ2n) is 5.07. The minimum Gasteiger partial charge on any atom is -0.312 e. The van der Waals surface area contributed by atoms with Gasteiger partial charge in [0, 0.05) is 23.0 Å². The van der Waals surface area contributed by atoms with Crippen LogP contribution in [0.1, 0.15) is 37.6 Å². The van der Waals surface area contributed by atoms with Crippen molar-refractivity contribution in [1.29, 1.82) is 0 Å². The third-order valence-electron chi connectivity index (χ3n) is 2.34. The van der Waals surface area contributed by atoms with E-state index in [4.69, 9.17) is 11.6 Å². The minimum atomic E-state index is -0.660. The van der Waals surface area contributed by atoms with Gasteiger partial charge in [0.15, 0.2) is 11.6 Å². The Morgan fingerprint density at radius 1 is 1.44 bits per heavy atom. The van der Waals surface area contributed by atoms with Crippen molar-refractivity contribution in [2.45, 2.75) is 32.7 Å². The predicted molar refractivity (Wildman–Crippen MR) is 75.8 cm³/mol. The number of hydrogen-bond donors (Lipinski definition) is 1. The van der Waals surface area contributed by atoms with E-state index in [2.05, 4.69) is 21.2 Å². The van der Waals surface area contributed by atoms with E-state index in [-0.39, 0.29) is 28.3 Å². The average Bonchev–Trinajstić information content (AvgIpc) is 2.24. The molecule has 100 valence electrons. The Morgan fingerprint density at radius 2 is 2.06 bits per heavy atom. The molecule has 0 heterocycles. The molecule has 0 amide bonds. The Kier molecular flexibility index (Phi) is 5.32. The van der Waals surface area contributed by atoms with Crippen molar-refractivity contribution in [1.82, 2.24) is 5.32 Å². The zero-order chi connectivity index (χ0) is 13.9. The Bertz CT molecular complexity index is 457. The highest BCUT2D eigenvalue weighted by Gasteiger charge is 2.17. The van der Waals surface area contributed by atoms with Crippen LogP contribution >= 0.6 is 27.5 Å². The summed E-state index contributed by atoms with van der Waals surface area (Å²) >= 11 is 8.86. The van der Waals surface area contributed by atoms with Gasteiger partial charge < -0.3 is 5.32 Å². The van der Waals surface area contributed by atoms with Crippen molar-refractivity contribution >= 4 is 33.3 Å². The van der Waals surface area contributed by atoms with E-state index in [1.54, 1.807) is 6.07 Å². The maximum Gasteiger partial charge on any atom is 0.167 e. The number of ketones is 1. The molecule has 0 radical (unpaired) electrons. The lowest BCUT2D eigenvalue weighted by molar-refractivity contribution is 0.0976. The highest BCUT2D eigenvalue weighted by molar-refractivity contribution is 9.10. The first-order chi connectivity index (χ1) is 8.22. The van der Waals surface area contributed by atoms with Gasteiger partial charge in [0.1, 0.15) is 0 Å². The number of nitrogens with one attached hydrogen (secondary N) is 1. The summed E-state index contributed by atoms with van der Waals surface area (Å²) in [6, 6.07) is 3.03. The summed E-state index contributed by atoms with van der Waals surface area (Å²) in [6.45, 7) is 6.53. The van der Waals surface area contributed by atoms with Crippen LogP contribution in [0.4, 0.5) is 4.39 Å². The second kappa shape index (κ2) is 6.13. The van der Waals surface area contributed by atoms with Crippen LogP contribution in [0.2, 0.25) is 5.02 Å². The molecule has 0 aliphatic rings. The number of benzene rings is 1. The van der Waals surface area contributed by atoms with Crippen LogP contribution in [0, 0.1) is 5.82 Å². The van der Waals surface area contributed by atoms with Gasteiger partial charge >= 0.3 is 0 Å². The number of hydrogen-bond acceptors (Lipinski definition) is 2. The van der Waals surface area contributed by atoms with Crippen LogP contribution in [0.15, 0.2) is 16.6 Å². The van der Waals surface area contributed by atoms with Crippen molar-refractivity contribution < 1.29 is 9.18 Å². The van der Waals surface area contributed by atoms with E-state index >= 15 is 0 Å². The first-order valence-corrected chi connectivity index (χ1v) is 6.81. The predicted octanol–water partition coefficient (Wildman–Crippen LogP) is 4.20. The van der Waals surface area contributed by atoms with Crippen LogP contribution in [0.3, 0.4) is 0 Å². The molecule has 0 aliphatic heterocycles. The van der Waals surface area contributed by atoms with Gasteiger partial charge in [-0.25, -0.2) is 4.39 Å². The standard InChI is InChI=1S/C13H16BrClFNO/c1-13(2,3)17-7-6-10(18)8-4-5-9(14)11(15)12(8)16/h4-5,17H,6-7H2,1-3H3. The summed E-state index contributed by atoms with van der Waals surface area (Å²) < 4.78 is 14.2. The van der Waals surface area contributed by atoms with E-state index in [1.807, 2.05) is 20.8 Å². The van der Waals surface area contributed by atoms with Gasteiger partial charge in [0.25, 0.3) is 0 Å². The molecule has 0 bridgehead atoms. The molecule has 0 unspecified atom stereocenters. The number of rotatable bonds is 4. The second-order valence-corrected chi connectivity index (χ2v) is 6.31. The summed E-state index contributed by atoms with van der Waals surface area (Å²) in [5.41, 5.74) is -0.0187. The molecule has 1 aromatic rings. The fraction of sp³-hybridized carbons (Fsp3) is 0.462. The number of halogens is 3. The highest BCUT2D eigenvalue weighted by Crippen LogP contribution is 2.28. The van der Waals surface area contributed by atoms with Gasteiger partial charge in [0.05, 0.1) is 10.6 Å². The lowest BCUT2D eigenvalue weighted by Crippen LogP contribution is -2.37. The highest BCUT2D eigenvalue weighted by atomic mass is 79.9. The van der Waals surface area contributed by atoms with E-state index in [1.165, 1.54) is 6.07 Å². The minimum absolute atomic E-state index is 0.0407. The SMILES string of the molecule is CC(C)(C)NCCC(=O)c1ccc(Br)c(Cl)c1F. The fourth-order valence-electron chi connectivity index (χ4n) is 1.43. The summed E-state index contributed by atoms with van der Waals surface area (Å²) in [7, 11) is 0. The van der Waals surface area contributed by atoms with Crippen LogP contribution in [-0.4, -0.2) is 17.9 Å². The molecule has 2 nitrogen and oxygen atoms in total. The Hall–Kier alpha value is -0.450. The van der Waals surface area contributed by atoms with Gasteiger partial charge in [-0.15, -0.1) is 0 Å². The van der Waals surface area contributed by atoms with E-state index in [0.29, 0.717) is 11.0 Å². The van der Waals surface area contributed by atoms with Crippen LogP contribution in [0.25, 0.3) is 0 Å². The van der Waals surface area contributed by atoms with Gasteiger partial charge in [-0.2, -0.15) is 0 Å². The van der Waals surface area contributed by atoms with E-state index < -0.39 is 5.82 Å². The fourth-order valence-corrected chi connectivity index (χ4v) is 1.90. The van der Waals surface area contributed by atoms with Crippen molar-refractivity contribution in [2.24, 2.45) is 0 Å². The van der Waals surface area contributed by atoms with E-state index in [0.717, 1.165) is 0 Å².